The second-order valence-corrected chi connectivity index (χ2v) is 4.41. The Balaban J connectivity index is 2.02. The van der Waals surface area contributed by atoms with Crippen LogP contribution in [0.5, 0.6) is 11.5 Å². The fourth-order valence-corrected chi connectivity index (χ4v) is 1.76. The Labute approximate surface area is 128 Å². The van der Waals surface area contributed by atoms with Gasteiger partial charge in [0.2, 0.25) is 0 Å². The van der Waals surface area contributed by atoms with E-state index in [1.807, 2.05) is 0 Å². The quantitative estimate of drug-likeness (QED) is 0.340. The highest BCUT2D eigenvalue weighted by molar-refractivity contribution is 5.92. The van der Waals surface area contributed by atoms with Crippen molar-refractivity contribution in [1.82, 2.24) is 0 Å². The van der Waals surface area contributed by atoms with Gasteiger partial charge in [-0.05, 0) is 36.4 Å². The van der Waals surface area contributed by atoms with E-state index in [-0.39, 0.29) is 5.75 Å². The summed E-state index contributed by atoms with van der Waals surface area (Å²) in [5.41, 5.74) is 0.704. The Hall–Kier alpha value is -2.66. The molecule has 0 fully saturated rings. The van der Waals surface area contributed by atoms with Gasteiger partial charge in [-0.2, -0.15) is 0 Å². The van der Waals surface area contributed by atoms with E-state index in [4.69, 9.17) is 14.2 Å². The molecule has 0 radical (unpaired) electrons. The average Bonchev–Trinajstić information content (AvgIpc) is 2.56. The number of methoxy groups -OCH3 is 1. The standard InChI is InChI=1S/C17H16O5/c1-20-10-11-21-15-8-6-13(7-9-15)17(19)22-16-5-3-2-4-14(16)12-18/h2-9,12H,10-11H2,1H3. The Kier molecular flexibility index (Phi) is 5.68. The largest absolute Gasteiger partial charge is 0.491 e. The van der Waals surface area contributed by atoms with E-state index in [1.54, 1.807) is 55.6 Å². The first-order valence-electron chi connectivity index (χ1n) is 6.73. The van der Waals surface area contributed by atoms with E-state index in [0.717, 1.165) is 0 Å². The fourth-order valence-electron chi connectivity index (χ4n) is 1.76. The zero-order chi connectivity index (χ0) is 15.8. The summed E-state index contributed by atoms with van der Waals surface area (Å²) in [7, 11) is 1.60. The third-order valence-corrected chi connectivity index (χ3v) is 2.89. The summed E-state index contributed by atoms with van der Waals surface area (Å²) in [4.78, 5) is 23.0. The first-order valence-corrected chi connectivity index (χ1v) is 6.73. The van der Waals surface area contributed by atoms with Crippen LogP contribution in [0.25, 0.3) is 0 Å². The Bertz CT molecular complexity index is 634. The minimum absolute atomic E-state index is 0.239. The van der Waals surface area contributed by atoms with Crippen molar-refractivity contribution in [3.63, 3.8) is 0 Å². The van der Waals surface area contributed by atoms with E-state index in [0.29, 0.717) is 36.4 Å². The number of para-hydroxylation sites is 1. The topological polar surface area (TPSA) is 61.8 Å². The maximum absolute atomic E-state index is 12.1. The third-order valence-electron chi connectivity index (χ3n) is 2.89. The summed E-state index contributed by atoms with van der Waals surface area (Å²) in [6.07, 6.45) is 0.648. The van der Waals surface area contributed by atoms with Gasteiger partial charge in [0.1, 0.15) is 18.1 Å². The number of aldehydes is 1. The smallest absolute Gasteiger partial charge is 0.343 e. The van der Waals surface area contributed by atoms with Crippen LogP contribution in [0, 0.1) is 0 Å². The van der Waals surface area contributed by atoms with E-state index in [2.05, 4.69) is 0 Å². The molecular weight excluding hydrogens is 284 g/mol. The number of ether oxygens (including phenoxy) is 3. The number of rotatable bonds is 7. The van der Waals surface area contributed by atoms with Crippen LogP contribution in [0.2, 0.25) is 0 Å². The number of benzene rings is 2. The maximum Gasteiger partial charge on any atom is 0.343 e. The molecule has 22 heavy (non-hydrogen) atoms. The predicted octanol–water partition coefficient (Wildman–Crippen LogP) is 2.74. The molecule has 0 aliphatic heterocycles. The molecule has 114 valence electrons. The van der Waals surface area contributed by atoms with Crippen LogP contribution < -0.4 is 9.47 Å². The first kappa shape index (κ1) is 15.7. The molecule has 5 heteroatoms. The van der Waals surface area contributed by atoms with Crippen molar-refractivity contribution in [2.45, 2.75) is 0 Å². The van der Waals surface area contributed by atoms with Gasteiger partial charge in [0.25, 0.3) is 0 Å². The summed E-state index contributed by atoms with van der Waals surface area (Å²) in [6.45, 7) is 0.930. The van der Waals surface area contributed by atoms with E-state index < -0.39 is 5.97 Å². The number of hydrogen-bond donors (Lipinski definition) is 0. The SMILES string of the molecule is COCCOc1ccc(C(=O)Oc2ccccc2C=O)cc1. The molecule has 0 spiro atoms. The Morgan fingerprint density at radius 3 is 2.45 bits per heavy atom. The predicted molar refractivity (Wildman–Crippen MR) is 80.6 cm³/mol. The lowest BCUT2D eigenvalue weighted by molar-refractivity contribution is 0.0733. The molecule has 0 unspecified atom stereocenters. The highest BCUT2D eigenvalue weighted by atomic mass is 16.5. The van der Waals surface area contributed by atoms with Crippen LogP contribution in [-0.2, 0) is 4.74 Å². The van der Waals surface area contributed by atoms with Crippen molar-refractivity contribution >= 4 is 12.3 Å². The zero-order valence-corrected chi connectivity index (χ0v) is 12.2. The minimum atomic E-state index is -0.530. The Morgan fingerprint density at radius 1 is 1.05 bits per heavy atom. The second-order valence-electron chi connectivity index (χ2n) is 4.41. The molecule has 2 rings (SSSR count). The monoisotopic (exact) mass is 300 g/mol. The van der Waals surface area contributed by atoms with Crippen molar-refractivity contribution in [3.8, 4) is 11.5 Å². The van der Waals surface area contributed by atoms with Gasteiger partial charge in [-0.25, -0.2) is 4.79 Å². The second kappa shape index (κ2) is 7.95. The van der Waals surface area contributed by atoms with Crippen LogP contribution in [0.4, 0.5) is 0 Å². The molecule has 0 atom stereocenters. The summed E-state index contributed by atoms with van der Waals surface area (Å²) in [5.74, 6) is 0.350. The van der Waals surface area contributed by atoms with Gasteiger partial charge in [0.15, 0.2) is 6.29 Å². The van der Waals surface area contributed by atoms with Gasteiger partial charge in [-0.15, -0.1) is 0 Å². The van der Waals surface area contributed by atoms with Crippen LogP contribution >= 0.6 is 0 Å². The van der Waals surface area contributed by atoms with Crippen molar-refractivity contribution in [2.75, 3.05) is 20.3 Å². The van der Waals surface area contributed by atoms with E-state index >= 15 is 0 Å². The zero-order valence-electron chi connectivity index (χ0n) is 12.2. The molecule has 0 aromatic heterocycles. The lowest BCUT2D eigenvalue weighted by atomic mass is 10.2. The fraction of sp³-hybridized carbons (Fsp3) is 0.176. The molecule has 0 aliphatic carbocycles. The van der Waals surface area contributed by atoms with E-state index in [1.165, 1.54) is 0 Å². The van der Waals surface area contributed by atoms with Gasteiger partial charge >= 0.3 is 5.97 Å². The molecule has 0 aliphatic rings. The molecule has 0 amide bonds. The molecule has 0 bridgehead atoms. The Morgan fingerprint density at radius 2 is 1.77 bits per heavy atom. The van der Waals surface area contributed by atoms with Gasteiger partial charge in [0.05, 0.1) is 17.7 Å². The molecule has 5 nitrogen and oxygen atoms in total. The maximum atomic E-state index is 12.1. The van der Waals surface area contributed by atoms with Crippen LogP contribution in [-0.4, -0.2) is 32.6 Å². The third kappa shape index (κ3) is 4.17. The molecule has 0 saturated carbocycles. The number of hydrogen-bond acceptors (Lipinski definition) is 5. The van der Waals surface area contributed by atoms with E-state index in [9.17, 15) is 9.59 Å². The summed E-state index contributed by atoms with van der Waals surface area (Å²) < 4.78 is 15.5. The average molecular weight is 300 g/mol. The van der Waals surface area contributed by atoms with Gasteiger partial charge in [-0.3, -0.25) is 4.79 Å². The van der Waals surface area contributed by atoms with Crippen LogP contribution in [0.3, 0.4) is 0 Å². The summed E-state index contributed by atoms with van der Waals surface area (Å²) >= 11 is 0. The summed E-state index contributed by atoms with van der Waals surface area (Å²) in [5, 5.41) is 0. The van der Waals surface area contributed by atoms with Crippen molar-refractivity contribution in [3.05, 3.63) is 59.7 Å². The van der Waals surface area contributed by atoms with Crippen LogP contribution in [0.15, 0.2) is 48.5 Å². The number of carbonyl (C=O) groups is 2. The molecule has 0 saturated heterocycles. The normalized spacial score (nSPS) is 10.0. The molecule has 0 heterocycles. The lowest BCUT2D eigenvalue weighted by Crippen LogP contribution is -2.10. The van der Waals surface area contributed by atoms with Crippen molar-refractivity contribution in [2.24, 2.45) is 0 Å². The first-order chi connectivity index (χ1) is 10.7. The summed E-state index contributed by atoms with van der Waals surface area (Å²) in [6, 6.07) is 13.1. The van der Waals surface area contributed by atoms with Crippen molar-refractivity contribution in [1.29, 1.82) is 0 Å². The molecule has 2 aromatic carbocycles. The minimum Gasteiger partial charge on any atom is -0.491 e. The molecular formula is C17H16O5. The molecule has 2 aromatic rings. The highest BCUT2D eigenvalue weighted by Gasteiger charge is 2.11. The molecule has 0 N–H and O–H groups in total. The van der Waals surface area contributed by atoms with Gasteiger partial charge in [-0.1, -0.05) is 12.1 Å². The van der Waals surface area contributed by atoms with Gasteiger partial charge in [0, 0.05) is 7.11 Å². The lowest BCUT2D eigenvalue weighted by Gasteiger charge is -2.08. The van der Waals surface area contributed by atoms with Crippen molar-refractivity contribution < 1.29 is 23.8 Å². The highest BCUT2D eigenvalue weighted by Crippen LogP contribution is 2.18. The van der Waals surface area contributed by atoms with Crippen LogP contribution in [0.1, 0.15) is 20.7 Å². The van der Waals surface area contributed by atoms with Gasteiger partial charge < -0.3 is 14.2 Å². The number of esters is 1. The number of carbonyl (C=O) groups excluding carboxylic acids is 2.